The molecule has 5 heteroatoms. The maximum Gasteiger partial charge on any atom is 0.271 e. The molecule has 4 nitrogen and oxygen atoms in total. The van der Waals surface area contributed by atoms with Crippen molar-refractivity contribution in [3.63, 3.8) is 0 Å². The Bertz CT molecular complexity index is 932. The molecular formula is C23H26FN3O. The average Bonchev–Trinajstić information content (AvgIpc) is 2.66. The van der Waals surface area contributed by atoms with E-state index >= 15 is 0 Å². The second-order valence-corrected chi connectivity index (χ2v) is 7.59. The van der Waals surface area contributed by atoms with Crippen molar-refractivity contribution in [2.45, 2.75) is 39.7 Å². The summed E-state index contributed by atoms with van der Waals surface area (Å²) in [5.74, 6) is -0.690. The summed E-state index contributed by atoms with van der Waals surface area (Å²) < 4.78 is 14.8. The largest absolute Gasteiger partial charge is 0.362 e. The van der Waals surface area contributed by atoms with E-state index in [-0.39, 0.29) is 17.3 Å². The third kappa shape index (κ3) is 3.98. The van der Waals surface area contributed by atoms with E-state index in [1.54, 1.807) is 36.4 Å². The Hall–Kier alpha value is -2.95. The number of hydrogen-bond acceptors (Lipinski definition) is 3. The van der Waals surface area contributed by atoms with Crippen LogP contribution in [0, 0.1) is 5.82 Å². The van der Waals surface area contributed by atoms with Crippen LogP contribution < -0.4 is 10.3 Å². The monoisotopic (exact) mass is 379 g/mol. The molecule has 3 rings (SSSR count). The van der Waals surface area contributed by atoms with Gasteiger partial charge in [-0.05, 0) is 57.0 Å². The van der Waals surface area contributed by atoms with Crippen molar-refractivity contribution in [3.05, 3.63) is 71.0 Å². The molecule has 2 aromatic carbocycles. The smallest absolute Gasteiger partial charge is 0.271 e. The van der Waals surface area contributed by atoms with Crippen molar-refractivity contribution in [2.24, 2.45) is 5.10 Å². The number of hydrogen-bond donors (Lipinski definition) is 1. The summed E-state index contributed by atoms with van der Waals surface area (Å²) in [6.07, 6.45) is 4.54. The molecular weight excluding hydrogens is 353 g/mol. The fourth-order valence-corrected chi connectivity index (χ4v) is 3.66. The molecule has 2 aromatic rings. The van der Waals surface area contributed by atoms with Crippen LogP contribution in [-0.2, 0) is 0 Å². The van der Waals surface area contributed by atoms with Gasteiger partial charge in [-0.3, -0.25) is 4.79 Å². The van der Waals surface area contributed by atoms with E-state index in [0.717, 1.165) is 29.8 Å². The van der Waals surface area contributed by atoms with Crippen LogP contribution in [0.3, 0.4) is 0 Å². The highest BCUT2D eigenvalue weighted by molar-refractivity contribution is 5.95. The molecule has 0 bridgehead atoms. The van der Waals surface area contributed by atoms with Crippen molar-refractivity contribution >= 4 is 23.4 Å². The van der Waals surface area contributed by atoms with Gasteiger partial charge in [0.1, 0.15) is 5.82 Å². The molecule has 0 atom stereocenters. The Morgan fingerprint density at radius 2 is 1.96 bits per heavy atom. The number of hydrazone groups is 1. The zero-order chi connectivity index (χ0) is 20.3. The topological polar surface area (TPSA) is 44.7 Å². The number of amides is 1. The average molecular weight is 379 g/mol. The molecule has 28 heavy (non-hydrogen) atoms. The van der Waals surface area contributed by atoms with Crippen LogP contribution in [0.1, 0.15) is 55.6 Å². The fourth-order valence-electron chi connectivity index (χ4n) is 3.66. The van der Waals surface area contributed by atoms with Crippen molar-refractivity contribution in [1.82, 2.24) is 5.43 Å². The molecule has 0 radical (unpaired) electrons. The summed E-state index contributed by atoms with van der Waals surface area (Å²) in [4.78, 5) is 14.3. The lowest BCUT2D eigenvalue weighted by Gasteiger charge is -2.43. The maximum absolute atomic E-state index is 14.8. The summed E-state index contributed by atoms with van der Waals surface area (Å²) in [7, 11) is 0. The van der Waals surface area contributed by atoms with Crippen LogP contribution in [0.4, 0.5) is 10.1 Å². The van der Waals surface area contributed by atoms with Gasteiger partial charge in [0.2, 0.25) is 0 Å². The van der Waals surface area contributed by atoms with Gasteiger partial charge in [-0.2, -0.15) is 5.10 Å². The summed E-state index contributed by atoms with van der Waals surface area (Å²) in [6, 6.07) is 12.2. The highest BCUT2D eigenvalue weighted by Gasteiger charge is 2.31. The van der Waals surface area contributed by atoms with E-state index in [1.165, 1.54) is 6.21 Å². The molecule has 1 amide bonds. The predicted molar refractivity (Wildman–Crippen MR) is 113 cm³/mol. The molecule has 1 heterocycles. The second kappa shape index (κ2) is 7.97. The van der Waals surface area contributed by atoms with E-state index in [2.05, 4.69) is 42.3 Å². The summed E-state index contributed by atoms with van der Waals surface area (Å²) in [5.41, 5.74) is 6.12. The summed E-state index contributed by atoms with van der Waals surface area (Å²) in [6.45, 7) is 9.29. The summed E-state index contributed by atoms with van der Waals surface area (Å²) in [5, 5.41) is 3.94. The Labute approximate surface area is 165 Å². The van der Waals surface area contributed by atoms with Gasteiger partial charge in [0.25, 0.3) is 5.91 Å². The number of benzene rings is 2. The number of anilines is 1. The number of rotatable bonds is 5. The third-order valence-corrected chi connectivity index (χ3v) is 4.95. The highest BCUT2D eigenvalue weighted by atomic mass is 19.1. The molecule has 0 aliphatic carbocycles. The summed E-state index contributed by atoms with van der Waals surface area (Å²) >= 11 is 0. The van der Waals surface area contributed by atoms with Crippen molar-refractivity contribution < 1.29 is 9.18 Å². The zero-order valence-corrected chi connectivity index (χ0v) is 16.8. The predicted octanol–water partition coefficient (Wildman–Crippen LogP) is 5.00. The molecule has 1 aliphatic rings. The maximum atomic E-state index is 14.8. The normalized spacial score (nSPS) is 15.3. The first-order valence-corrected chi connectivity index (χ1v) is 9.53. The Kier molecular flexibility index (Phi) is 5.63. The molecule has 0 saturated carbocycles. The third-order valence-electron chi connectivity index (χ3n) is 4.95. The first-order chi connectivity index (χ1) is 13.3. The lowest BCUT2D eigenvalue weighted by molar-refractivity contribution is 0.0955. The number of allylic oxidation sites excluding steroid dienone is 1. The minimum atomic E-state index is -0.358. The van der Waals surface area contributed by atoms with Crippen LogP contribution in [0.2, 0.25) is 0 Å². The van der Waals surface area contributed by atoms with E-state index in [4.69, 9.17) is 0 Å². The van der Waals surface area contributed by atoms with Crippen LogP contribution in [-0.4, -0.2) is 24.2 Å². The van der Waals surface area contributed by atoms with Gasteiger partial charge in [0, 0.05) is 28.9 Å². The molecule has 0 fully saturated rings. The van der Waals surface area contributed by atoms with Crippen LogP contribution in [0.5, 0.6) is 0 Å². The van der Waals surface area contributed by atoms with Crippen LogP contribution in [0.15, 0.2) is 53.6 Å². The van der Waals surface area contributed by atoms with Gasteiger partial charge >= 0.3 is 0 Å². The Balaban J connectivity index is 1.87. The van der Waals surface area contributed by atoms with Crippen molar-refractivity contribution in [1.29, 1.82) is 0 Å². The SMILES string of the molecule is CCCN1c2cc(F)c(/C=N\NC(=O)c3ccccc3)cc2C(C)=CC1(C)C. The molecule has 0 spiro atoms. The number of fused-ring (bicyclic) bond motifs is 1. The molecule has 146 valence electrons. The zero-order valence-electron chi connectivity index (χ0n) is 16.8. The van der Waals surface area contributed by atoms with E-state index < -0.39 is 0 Å². The number of halogens is 1. The first-order valence-electron chi connectivity index (χ1n) is 9.53. The van der Waals surface area contributed by atoms with Gasteiger partial charge < -0.3 is 4.90 Å². The minimum Gasteiger partial charge on any atom is -0.362 e. The minimum absolute atomic E-state index is 0.168. The molecule has 1 N–H and O–H groups in total. The van der Waals surface area contributed by atoms with Gasteiger partial charge in [-0.15, -0.1) is 0 Å². The fraction of sp³-hybridized carbons (Fsp3) is 0.304. The number of carbonyl (C=O) groups excluding carboxylic acids is 1. The Morgan fingerprint density at radius 3 is 2.64 bits per heavy atom. The van der Waals surface area contributed by atoms with Gasteiger partial charge in [-0.25, -0.2) is 9.82 Å². The molecule has 0 saturated heterocycles. The van der Waals surface area contributed by atoms with Crippen LogP contribution >= 0.6 is 0 Å². The molecule has 0 aromatic heterocycles. The van der Waals surface area contributed by atoms with Crippen molar-refractivity contribution in [2.75, 3.05) is 11.4 Å². The quantitative estimate of drug-likeness (QED) is 0.587. The van der Waals surface area contributed by atoms with Gasteiger partial charge in [0.05, 0.1) is 11.8 Å². The van der Waals surface area contributed by atoms with Gasteiger partial charge in [0.15, 0.2) is 0 Å². The first kappa shape index (κ1) is 19.8. The Morgan fingerprint density at radius 1 is 1.25 bits per heavy atom. The lowest BCUT2D eigenvalue weighted by atomic mass is 9.88. The van der Waals surface area contributed by atoms with E-state index in [0.29, 0.717) is 11.1 Å². The van der Waals surface area contributed by atoms with Crippen molar-refractivity contribution in [3.8, 4) is 0 Å². The second-order valence-electron chi connectivity index (χ2n) is 7.59. The number of nitrogens with one attached hydrogen (secondary N) is 1. The molecule has 1 aliphatic heterocycles. The number of carbonyl (C=O) groups is 1. The standard InChI is InChI=1S/C23H26FN3O/c1-5-11-27-21-13-20(24)18(12-19(21)16(2)14-23(27,3)4)15-25-26-22(28)17-9-7-6-8-10-17/h6-10,12-15H,5,11H2,1-4H3,(H,26,28)/b25-15-. The van der Waals surface area contributed by atoms with Gasteiger partial charge in [-0.1, -0.05) is 31.2 Å². The molecule has 0 unspecified atom stereocenters. The van der Waals surface area contributed by atoms with E-state index in [9.17, 15) is 9.18 Å². The van der Waals surface area contributed by atoms with E-state index in [1.807, 2.05) is 13.0 Å². The highest BCUT2D eigenvalue weighted by Crippen LogP contribution is 2.39. The number of nitrogens with zero attached hydrogens (tertiary/aromatic N) is 2. The van der Waals surface area contributed by atoms with Crippen LogP contribution in [0.25, 0.3) is 5.57 Å². The lowest BCUT2D eigenvalue weighted by Crippen LogP contribution is -2.45.